The predicted molar refractivity (Wildman–Crippen MR) is 94.2 cm³/mol. The van der Waals surface area contributed by atoms with Gasteiger partial charge in [0.1, 0.15) is 5.75 Å². The van der Waals surface area contributed by atoms with Crippen LogP contribution in [0.15, 0.2) is 36.4 Å². The van der Waals surface area contributed by atoms with Gasteiger partial charge >= 0.3 is 0 Å². The minimum Gasteiger partial charge on any atom is -0.493 e. The van der Waals surface area contributed by atoms with Crippen molar-refractivity contribution in [2.75, 3.05) is 19.5 Å². The summed E-state index contributed by atoms with van der Waals surface area (Å²) in [6, 6.07) is 11.1. The van der Waals surface area contributed by atoms with Crippen LogP contribution in [-0.4, -0.2) is 26.2 Å². The van der Waals surface area contributed by atoms with Gasteiger partial charge in [0.05, 0.1) is 14.2 Å². The summed E-state index contributed by atoms with van der Waals surface area (Å²) >= 11 is 0. The van der Waals surface area contributed by atoms with Crippen LogP contribution in [-0.2, 0) is 4.79 Å². The second kappa shape index (κ2) is 7.73. The Kier molecular flexibility index (Phi) is 5.68. The molecule has 1 atom stereocenters. The first kappa shape index (κ1) is 17.7. The molecule has 0 heterocycles. The van der Waals surface area contributed by atoms with Crippen molar-refractivity contribution in [2.45, 2.75) is 26.9 Å². The molecule has 24 heavy (non-hydrogen) atoms. The van der Waals surface area contributed by atoms with Crippen LogP contribution in [0.25, 0.3) is 0 Å². The highest BCUT2D eigenvalue weighted by molar-refractivity contribution is 5.94. The number of hydrogen-bond donors (Lipinski definition) is 1. The molecule has 2 aromatic rings. The maximum atomic E-state index is 12.4. The van der Waals surface area contributed by atoms with E-state index in [9.17, 15) is 4.79 Å². The summed E-state index contributed by atoms with van der Waals surface area (Å²) in [7, 11) is 3.12. The van der Waals surface area contributed by atoms with Crippen molar-refractivity contribution in [1.29, 1.82) is 0 Å². The lowest BCUT2D eigenvalue weighted by Gasteiger charge is -2.17. The van der Waals surface area contributed by atoms with Gasteiger partial charge in [-0.05, 0) is 50.1 Å². The highest BCUT2D eigenvalue weighted by Gasteiger charge is 2.17. The van der Waals surface area contributed by atoms with Gasteiger partial charge in [-0.3, -0.25) is 4.79 Å². The van der Waals surface area contributed by atoms with Crippen LogP contribution in [0.3, 0.4) is 0 Å². The number of hydrogen-bond acceptors (Lipinski definition) is 4. The third kappa shape index (κ3) is 4.19. The summed E-state index contributed by atoms with van der Waals surface area (Å²) in [5.41, 5.74) is 2.70. The summed E-state index contributed by atoms with van der Waals surface area (Å²) in [4.78, 5) is 12.4. The molecule has 1 N–H and O–H groups in total. The van der Waals surface area contributed by atoms with Crippen molar-refractivity contribution >= 4 is 11.6 Å². The summed E-state index contributed by atoms with van der Waals surface area (Å²) in [6.45, 7) is 5.66. The maximum Gasteiger partial charge on any atom is 0.265 e. The van der Waals surface area contributed by atoms with E-state index < -0.39 is 6.10 Å². The SMILES string of the molecule is COc1ccc(NC(=O)C(C)Oc2cc(C)ccc2C)cc1OC. The molecule has 0 saturated carbocycles. The number of carbonyl (C=O) groups excluding carboxylic acids is 1. The lowest BCUT2D eigenvalue weighted by atomic mass is 10.1. The number of ether oxygens (including phenoxy) is 3. The summed E-state index contributed by atoms with van der Waals surface area (Å²) in [6.07, 6.45) is -0.626. The van der Waals surface area contributed by atoms with E-state index in [1.165, 1.54) is 0 Å². The second-order valence-corrected chi connectivity index (χ2v) is 5.59. The molecular weight excluding hydrogens is 306 g/mol. The Morgan fingerprint density at radius 3 is 2.33 bits per heavy atom. The Bertz CT molecular complexity index is 727. The van der Waals surface area contributed by atoms with Crippen molar-refractivity contribution in [3.05, 3.63) is 47.5 Å². The van der Waals surface area contributed by atoms with E-state index in [4.69, 9.17) is 14.2 Å². The van der Waals surface area contributed by atoms with E-state index in [-0.39, 0.29) is 5.91 Å². The average Bonchev–Trinajstić information content (AvgIpc) is 2.57. The zero-order valence-corrected chi connectivity index (χ0v) is 14.7. The van der Waals surface area contributed by atoms with Crippen LogP contribution in [0.1, 0.15) is 18.1 Å². The van der Waals surface area contributed by atoms with Crippen molar-refractivity contribution in [3.8, 4) is 17.2 Å². The number of nitrogens with one attached hydrogen (secondary N) is 1. The first-order chi connectivity index (χ1) is 11.4. The third-order valence-corrected chi connectivity index (χ3v) is 3.67. The Balaban J connectivity index is 2.07. The molecule has 0 fully saturated rings. The third-order valence-electron chi connectivity index (χ3n) is 3.67. The van der Waals surface area contributed by atoms with Crippen LogP contribution in [0, 0.1) is 13.8 Å². The molecule has 2 rings (SSSR count). The van der Waals surface area contributed by atoms with Crippen molar-refractivity contribution < 1.29 is 19.0 Å². The molecule has 0 aliphatic rings. The lowest BCUT2D eigenvalue weighted by Crippen LogP contribution is -2.30. The standard InChI is InChI=1S/C19H23NO4/c1-12-6-7-13(2)17(10-12)24-14(3)19(21)20-15-8-9-16(22-4)18(11-15)23-5/h6-11,14H,1-5H3,(H,20,21). The molecule has 128 valence electrons. The Labute approximate surface area is 142 Å². The van der Waals surface area contributed by atoms with E-state index >= 15 is 0 Å². The monoisotopic (exact) mass is 329 g/mol. The van der Waals surface area contributed by atoms with Crippen LogP contribution in [0.5, 0.6) is 17.2 Å². The molecule has 0 aliphatic carbocycles. The highest BCUT2D eigenvalue weighted by Crippen LogP contribution is 2.30. The molecule has 2 aromatic carbocycles. The number of benzene rings is 2. The lowest BCUT2D eigenvalue weighted by molar-refractivity contribution is -0.122. The van der Waals surface area contributed by atoms with Crippen LogP contribution in [0.2, 0.25) is 0 Å². The first-order valence-electron chi connectivity index (χ1n) is 7.71. The Morgan fingerprint density at radius 1 is 0.958 bits per heavy atom. The predicted octanol–water partition coefficient (Wildman–Crippen LogP) is 3.73. The van der Waals surface area contributed by atoms with Crippen LogP contribution >= 0.6 is 0 Å². The number of anilines is 1. The molecule has 0 bridgehead atoms. The molecule has 5 heteroatoms. The van der Waals surface area contributed by atoms with E-state index in [1.54, 1.807) is 39.3 Å². The molecule has 1 amide bonds. The fourth-order valence-electron chi connectivity index (χ4n) is 2.24. The van der Waals surface area contributed by atoms with Crippen molar-refractivity contribution in [1.82, 2.24) is 0 Å². The van der Waals surface area contributed by atoms with E-state index in [0.29, 0.717) is 22.9 Å². The van der Waals surface area contributed by atoms with Gasteiger partial charge in [0.2, 0.25) is 0 Å². The van der Waals surface area contributed by atoms with Gasteiger partial charge in [0, 0.05) is 11.8 Å². The van der Waals surface area contributed by atoms with Gasteiger partial charge in [0.15, 0.2) is 17.6 Å². The van der Waals surface area contributed by atoms with Crippen LogP contribution in [0.4, 0.5) is 5.69 Å². The largest absolute Gasteiger partial charge is 0.493 e. The Hall–Kier alpha value is -2.69. The molecule has 0 spiro atoms. The van der Waals surface area contributed by atoms with Crippen molar-refractivity contribution in [3.63, 3.8) is 0 Å². The topological polar surface area (TPSA) is 56.8 Å². The van der Waals surface area contributed by atoms with Gasteiger partial charge in [0.25, 0.3) is 5.91 Å². The zero-order valence-electron chi connectivity index (χ0n) is 14.7. The molecule has 0 saturated heterocycles. The molecule has 0 radical (unpaired) electrons. The fraction of sp³-hybridized carbons (Fsp3) is 0.316. The fourth-order valence-corrected chi connectivity index (χ4v) is 2.24. The number of amides is 1. The van der Waals surface area contributed by atoms with Gasteiger partial charge in [-0.15, -0.1) is 0 Å². The van der Waals surface area contributed by atoms with Gasteiger partial charge in [-0.1, -0.05) is 12.1 Å². The second-order valence-electron chi connectivity index (χ2n) is 5.59. The van der Waals surface area contributed by atoms with E-state index in [0.717, 1.165) is 11.1 Å². The summed E-state index contributed by atoms with van der Waals surface area (Å²) < 4.78 is 16.2. The van der Waals surface area contributed by atoms with E-state index in [1.807, 2.05) is 32.0 Å². The van der Waals surface area contributed by atoms with Gasteiger partial charge < -0.3 is 19.5 Å². The minimum atomic E-state index is -0.626. The quantitative estimate of drug-likeness (QED) is 0.877. The minimum absolute atomic E-state index is 0.233. The smallest absolute Gasteiger partial charge is 0.265 e. The van der Waals surface area contributed by atoms with E-state index in [2.05, 4.69) is 5.32 Å². The van der Waals surface area contributed by atoms with Crippen LogP contribution < -0.4 is 19.5 Å². The molecule has 1 unspecified atom stereocenters. The van der Waals surface area contributed by atoms with Gasteiger partial charge in [-0.2, -0.15) is 0 Å². The molecule has 5 nitrogen and oxygen atoms in total. The van der Waals surface area contributed by atoms with Gasteiger partial charge in [-0.25, -0.2) is 0 Å². The highest BCUT2D eigenvalue weighted by atomic mass is 16.5. The average molecular weight is 329 g/mol. The first-order valence-corrected chi connectivity index (χ1v) is 7.71. The van der Waals surface area contributed by atoms with Crippen molar-refractivity contribution in [2.24, 2.45) is 0 Å². The molecule has 0 aromatic heterocycles. The maximum absolute atomic E-state index is 12.4. The number of carbonyl (C=O) groups is 1. The number of methoxy groups -OCH3 is 2. The number of rotatable bonds is 6. The zero-order chi connectivity index (χ0) is 17.7. The number of aryl methyl sites for hydroxylation is 2. The Morgan fingerprint density at radius 2 is 1.67 bits per heavy atom. The molecule has 0 aliphatic heterocycles. The normalized spacial score (nSPS) is 11.5. The summed E-state index contributed by atoms with van der Waals surface area (Å²) in [5.74, 6) is 1.64. The summed E-state index contributed by atoms with van der Waals surface area (Å²) in [5, 5.41) is 2.82. The molecular formula is C19H23NO4.